The Hall–Kier alpha value is -0.320. The van der Waals surface area contributed by atoms with Crippen molar-refractivity contribution in [1.29, 1.82) is 0 Å². The Morgan fingerprint density at radius 2 is 2.05 bits per heavy atom. The van der Waals surface area contributed by atoms with Crippen molar-refractivity contribution in [1.82, 2.24) is 4.90 Å². The Labute approximate surface area is 131 Å². The maximum Gasteiger partial charge on any atom is 0.0702 e. The van der Waals surface area contributed by atoms with Crippen molar-refractivity contribution >= 4 is 23.2 Å². The Balaban J connectivity index is 2.14. The third-order valence-electron chi connectivity index (χ3n) is 3.75. The molecule has 0 amide bonds. The molecule has 112 valence electrons. The Morgan fingerprint density at radius 1 is 1.35 bits per heavy atom. The number of piperidine rings is 1. The Kier molecular flexibility index (Phi) is 6.12. The fraction of sp³-hybridized carbons (Fsp3) is 0.600. The molecule has 2 N–H and O–H groups in total. The summed E-state index contributed by atoms with van der Waals surface area (Å²) in [6, 6.07) is 5.80. The number of halogens is 2. The predicted molar refractivity (Wildman–Crippen MR) is 84.5 cm³/mol. The van der Waals surface area contributed by atoms with Gasteiger partial charge in [0.25, 0.3) is 0 Å². The second-order valence-electron chi connectivity index (χ2n) is 5.17. The third-order valence-corrected chi connectivity index (χ3v) is 4.18. The van der Waals surface area contributed by atoms with Crippen LogP contribution in [0.1, 0.15) is 31.4 Å². The molecule has 1 aliphatic heterocycles. The Morgan fingerprint density at radius 3 is 2.65 bits per heavy atom. The number of likely N-dealkylation sites (tertiary alicyclic amines) is 1. The van der Waals surface area contributed by atoms with E-state index in [0.29, 0.717) is 22.7 Å². The highest BCUT2D eigenvalue weighted by Gasteiger charge is 2.26. The third kappa shape index (κ3) is 4.09. The van der Waals surface area contributed by atoms with E-state index in [1.807, 2.05) is 19.1 Å². The number of rotatable bonds is 5. The molecule has 20 heavy (non-hydrogen) atoms. The topological polar surface area (TPSA) is 38.5 Å². The lowest BCUT2D eigenvalue weighted by molar-refractivity contribution is -0.00659. The van der Waals surface area contributed by atoms with Gasteiger partial charge in [-0.1, -0.05) is 23.2 Å². The highest BCUT2D eigenvalue weighted by molar-refractivity contribution is 6.34. The van der Waals surface area contributed by atoms with Gasteiger partial charge in [0.15, 0.2) is 0 Å². The van der Waals surface area contributed by atoms with E-state index in [0.717, 1.165) is 38.1 Å². The van der Waals surface area contributed by atoms with Gasteiger partial charge in [0, 0.05) is 35.8 Å². The molecule has 0 saturated carbocycles. The van der Waals surface area contributed by atoms with E-state index in [1.165, 1.54) is 0 Å². The second kappa shape index (κ2) is 7.62. The SMILES string of the molecule is CCOC1CCCN(C(CN)c2cc(Cl)cc(Cl)c2)C1. The van der Waals surface area contributed by atoms with Crippen LogP contribution < -0.4 is 5.73 Å². The van der Waals surface area contributed by atoms with Gasteiger partial charge in [-0.2, -0.15) is 0 Å². The molecule has 2 unspecified atom stereocenters. The van der Waals surface area contributed by atoms with Crippen molar-refractivity contribution in [2.45, 2.75) is 31.9 Å². The van der Waals surface area contributed by atoms with Crippen LogP contribution in [-0.2, 0) is 4.74 Å². The lowest BCUT2D eigenvalue weighted by Gasteiger charge is -2.38. The van der Waals surface area contributed by atoms with Gasteiger partial charge in [-0.3, -0.25) is 4.90 Å². The van der Waals surface area contributed by atoms with E-state index in [2.05, 4.69) is 4.90 Å². The van der Waals surface area contributed by atoms with Crippen LogP contribution in [0.2, 0.25) is 10.0 Å². The summed E-state index contributed by atoms with van der Waals surface area (Å²) in [5.41, 5.74) is 7.07. The smallest absolute Gasteiger partial charge is 0.0702 e. The lowest BCUT2D eigenvalue weighted by Crippen LogP contribution is -2.44. The fourth-order valence-corrected chi connectivity index (χ4v) is 3.43. The molecule has 2 atom stereocenters. The lowest BCUT2D eigenvalue weighted by atomic mass is 10.0. The first kappa shape index (κ1) is 16.1. The van der Waals surface area contributed by atoms with Crippen molar-refractivity contribution in [3.05, 3.63) is 33.8 Å². The van der Waals surface area contributed by atoms with Gasteiger partial charge in [0.1, 0.15) is 0 Å². The van der Waals surface area contributed by atoms with Gasteiger partial charge in [-0.15, -0.1) is 0 Å². The minimum Gasteiger partial charge on any atom is -0.377 e. The normalized spacial score (nSPS) is 21.9. The van der Waals surface area contributed by atoms with Gasteiger partial charge in [0.05, 0.1) is 6.10 Å². The van der Waals surface area contributed by atoms with Gasteiger partial charge in [0.2, 0.25) is 0 Å². The second-order valence-corrected chi connectivity index (χ2v) is 6.04. The summed E-state index contributed by atoms with van der Waals surface area (Å²) in [6.45, 7) is 5.30. The first-order valence-electron chi connectivity index (χ1n) is 7.15. The van der Waals surface area contributed by atoms with Crippen molar-refractivity contribution in [2.75, 3.05) is 26.2 Å². The van der Waals surface area contributed by atoms with Crippen LogP contribution in [0.25, 0.3) is 0 Å². The summed E-state index contributed by atoms with van der Waals surface area (Å²) < 4.78 is 5.76. The molecule has 0 radical (unpaired) electrons. The maximum absolute atomic E-state index is 6.10. The average Bonchev–Trinajstić information content (AvgIpc) is 2.39. The van der Waals surface area contributed by atoms with Crippen molar-refractivity contribution in [3.8, 4) is 0 Å². The van der Waals surface area contributed by atoms with E-state index in [4.69, 9.17) is 33.7 Å². The summed E-state index contributed by atoms with van der Waals surface area (Å²) in [4.78, 5) is 2.38. The van der Waals surface area contributed by atoms with Crippen LogP contribution >= 0.6 is 23.2 Å². The fourth-order valence-electron chi connectivity index (χ4n) is 2.88. The molecule has 0 aromatic heterocycles. The predicted octanol–water partition coefficient (Wildman–Crippen LogP) is 3.49. The summed E-state index contributed by atoms with van der Waals surface area (Å²) in [5.74, 6) is 0. The van der Waals surface area contributed by atoms with Crippen LogP contribution in [-0.4, -0.2) is 37.2 Å². The first-order chi connectivity index (χ1) is 9.63. The molecule has 1 fully saturated rings. The van der Waals surface area contributed by atoms with E-state index in [9.17, 15) is 0 Å². The van der Waals surface area contributed by atoms with Gasteiger partial charge in [-0.05, 0) is 50.1 Å². The van der Waals surface area contributed by atoms with Gasteiger partial charge in [-0.25, -0.2) is 0 Å². The van der Waals surface area contributed by atoms with Crippen LogP contribution in [0.5, 0.6) is 0 Å². The van der Waals surface area contributed by atoms with Crippen LogP contribution in [0, 0.1) is 0 Å². The molecule has 1 aliphatic rings. The first-order valence-corrected chi connectivity index (χ1v) is 7.91. The molecule has 0 bridgehead atoms. The minimum absolute atomic E-state index is 0.148. The number of hydrogen-bond donors (Lipinski definition) is 1. The van der Waals surface area contributed by atoms with E-state index in [1.54, 1.807) is 6.07 Å². The number of benzene rings is 1. The molecule has 2 rings (SSSR count). The van der Waals surface area contributed by atoms with Crippen LogP contribution in [0.3, 0.4) is 0 Å². The molecular formula is C15H22Cl2N2O. The van der Waals surface area contributed by atoms with Crippen molar-refractivity contribution < 1.29 is 4.74 Å². The number of hydrogen-bond acceptors (Lipinski definition) is 3. The zero-order valence-corrected chi connectivity index (χ0v) is 13.3. The molecule has 1 saturated heterocycles. The maximum atomic E-state index is 6.10. The summed E-state index contributed by atoms with van der Waals surface area (Å²) in [7, 11) is 0. The molecule has 1 heterocycles. The van der Waals surface area contributed by atoms with Crippen molar-refractivity contribution in [3.63, 3.8) is 0 Å². The number of ether oxygens (including phenoxy) is 1. The molecule has 5 heteroatoms. The van der Waals surface area contributed by atoms with Crippen LogP contribution in [0.15, 0.2) is 18.2 Å². The summed E-state index contributed by atoms with van der Waals surface area (Å²) in [5, 5.41) is 1.31. The molecular weight excluding hydrogens is 295 g/mol. The Bertz CT molecular complexity index is 420. The summed E-state index contributed by atoms with van der Waals surface area (Å²) in [6.07, 6.45) is 2.56. The number of nitrogens with two attached hydrogens (primary N) is 1. The summed E-state index contributed by atoms with van der Waals surface area (Å²) >= 11 is 12.2. The van der Waals surface area contributed by atoms with E-state index >= 15 is 0 Å². The highest BCUT2D eigenvalue weighted by Crippen LogP contribution is 2.29. The van der Waals surface area contributed by atoms with Crippen molar-refractivity contribution in [2.24, 2.45) is 5.73 Å². The number of nitrogens with zero attached hydrogens (tertiary/aromatic N) is 1. The van der Waals surface area contributed by atoms with Crippen LogP contribution in [0.4, 0.5) is 0 Å². The molecule has 0 aliphatic carbocycles. The average molecular weight is 317 g/mol. The minimum atomic E-state index is 0.148. The van der Waals surface area contributed by atoms with Gasteiger partial charge >= 0.3 is 0 Å². The van der Waals surface area contributed by atoms with E-state index < -0.39 is 0 Å². The molecule has 3 nitrogen and oxygen atoms in total. The standard InChI is InChI=1S/C15H22Cl2N2O/c1-2-20-14-4-3-5-19(10-14)15(9-18)11-6-12(16)8-13(17)7-11/h6-8,14-15H,2-5,9-10,18H2,1H3. The molecule has 1 aromatic carbocycles. The van der Waals surface area contributed by atoms with E-state index in [-0.39, 0.29) is 6.04 Å². The molecule has 1 aromatic rings. The zero-order chi connectivity index (χ0) is 14.5. The largest absolute Gasteiger partial charge is 0.377 e. The van der Waals surface area contributed by atoms with Gasteiger partial charge < -0.3 is 10.5 Å². The highest BCUT2D eigenvalue weighted by atomic mass is 35.5. The molecule has 0 spiro atoms. The zero-order valence-electron chi connectivity index (χ0n) is 11.8. The quantitative estimate of drug-likeness (QED) is 0.903. The monoisotopic (exact) mass is 316 g/mol.